The smallest absolute Gasteiger partial charge is 0.254 e. The molecule has 3 heterocycles. The highest BCUT2D eigenvalue weighted by atomic mass is 16.2. The standard InChI is InChI=1S/C26H31N3O2/c1-19-5-7-20(8-6-19)25(30)28-13-11-21-16-22(9-10-23(21)17-28)26(31)29-15-14-27-12-3-2-4-24(27)18-29/h5-10,16,24H,2-4,11-15,17-18H2,1H3. The van der Waals surface area contributed by atoms with E-state index in [4.69, 9.17) is 0 Å². The van der Waals surface area contributed by atoms with E-state index >= 15 is 0 Å². The quantitative estimate of drug-likeness (QED) is 0.751. The molecular formula is C26H31N3O2. The number of amides is 2. The zero-order valence-corrected chi connectivity index (χ0v) is 18.3. The van der Waals surface area contributed by atoms with Gasteiger partial charge in [0.1, 0.15) is 0 Å². The second-order valence-electron chi connectivity index (χ2n) is 9.26. The first-order valence-electron chi connectivity index (χ1n) is 11.6. The van der Waals surface area contributed by atoms with Crippen LogP contribution in [-0.2, 0) is 13.0 Å². The first-order chi connectivity index (χ1) is 15.1. The number of hydrogen-bond acceptors (Lipinski definition) is 3. The van der Waals surface area contributed by atoms with E-state index in [1.54, 1.807) is 0 Å². The zero-order valence-electron chi connectivity index (χ0n) is 18.3. The third-order valence-electron chi connectivity index (χ3n) is 7.18. The lowest BCUT2D eigenvalue weighted by Crippen LogP contribution is -2.56. The molecule has 162 valence electrons. The van der Waals surface area contributed by atoms with Gasteiger partial charge < -0.3 is 9.80 Å². The fourth-order valence-electron chi connectivity index (χ4n) is 5.26. The van der Waals surface area contributed by atoms with Crippen molar-refractivity contribution >= 4 is 11.8 Å². The minimum Gasteiger partial charge on any atom is -0.336 e. The lowest BCUT2D eigenvalue weighted by molar-refractivity contribution is 0.0372. The van der Waals surface area contributed by atoms with Gasteiger partial charge in [0.15, 0.2) is 0 Å². The van der Waals surface area contributed by atoms with Crippen molar-refractivity contribution in [2.24, 2.45) is 0 Å². The van der Waals surface area contributed by atoms with Gasteiger partial charge >= 0.3 is 0 Å². The van der Waals surface area contributed by atoms with Gasteiger partial charge in [-0.05, 0) is 68.1 Å². The molecule has 0 spiro atoms. The highest BCUT2D eigenvalue weighted by Gasteiger charge is 2.32. The maximum atomic E-state index is 13.2. The minimum absolute atomic E-state index is 0.0798. The number of carbonyl (C=O) groups excluding carboxylic acids is 2. The Kier molecular flexibility index (Phi) is 5.53. The Morgan fingerprint density at radius 3 is 2.42 bits per heavy atom. The lowest BCUT2D eigenvalue weighted by Gasteiger charge is -2.44. The maximum absolute atomic E-state index is 13.2. The van der Waals surface area contributed by atoms with Crippen LogP contribution in [0.15, 0.2) is 42.5 Å². The van der Waals surface area contributed by atoms with Crippen LogP contribution >= 0.6 is 0 Å². The van der Waals surface area contributed by atoms with Crippen LogP contribution in [0.1, 0.15) is 56.7 Å². The largest absolute Gasteiger partial charge is 0.336 e. The molecule has 2 aromatic rings. The minimum atomic E-state index is 0.0798. The number of piperidine rings is 1. The molecule has 3 aliphatic rings. The van der Waals surface area contributed by atoms with E-state index in [0.717, 1.165) is 48.3 Å². The molecule has 0 bridgehead atoms. The van der Waals surface area contributed by atoms with E-state index in [2.05, 4.69) is 11.0 Å². The van der Waals surface area contributed by atoms with Crippen LogP contribution in [0.4, 0.5) is 0 Å². The van der Waals surface area contributed by atoms with Gasteiger partial charge in [0.25, 0.3) is 11.8 Å². The average molecular weight is 418 g/mol. The molecule has 1 atom stereocenters. The Balaban J connectivity index is 1.27. The molecule has 5 nitrogen and oxygen atoms in total. The molecule has 2 saturated heterocycles. The van der Waals surface area contributed by atoms with Gasteiger partial charge in [-0.2, -0.15) is 0 Å². The molecular weight excluding hydrogens is 386 g/mol. The summed E-state index contributed by atoms with van der Waals surface area (Å²) in [6.45, 7) is 7.19. The van der Waals surface area contributed by atoms with Crippen LogP contribution in [0.2, 0.25) is 0 Å². The van der Waals surface area contributed by atoms with Crippen molar-refractivity contribution in [2.75, 3.05) is 32.7 Å². The molecule has 2 aromatic carbocycles. The van der Waals surface area contributed by atoms with Crippen LogP contribution < -0.4 is 0 Å². The van der Waals surface area contributed by atoms with Crippen molar-refractivity contribution in [3.63, 3.8) is 0 Å². The van der Waals surface area contributed by atoms with Crippen LogP contribution in [0.5, 0.6) is 0 Å². The Morgan fingerprint density at radius 2 is 1.58 bits per heavy atom. The Labute approximate surface area is 184 Å². The van der Waals surface area contributed by atoms with Gasteiger partial charge in [0.05, 0.1) is 0 Å². The van der Waals surface area contributed by atoms with Gasteiger partial charge in [-0.25, -0.2) is 0 Å². The first-order valence-corrected chi connectivity index (χ1v) is 11.6. The summed E-state index contributed by atoms with van der Waals surface area (Å²) in [7, 11) is 0. The molecule has 2 amide bonds. The number of nitrogens with zero attached hydrogens (tertiary/aromatic N) is 3. The van der Waals surface area contributed by atoms with E-state index in [1.165, 1.54) is 31.4 Å². The van der Waals surface area contributed by atoms with E-state index in [-0.39, 0.29) is 11.8 Å². The van der Waals surface area contributed by atoms with Crippen molar-refractivity contribution in [1.29, 1.82) is 0 Å². The second kappa shape index (κ2) is 8.46. The number of rotatable bonds is 2. The van der Waals surface area contributed by atoms with Gasteiger partial charge in [0.2, 0.25) is 0 Å². The van der Waals surface area contributed by atoms with Gasteiger partial charge in [-0.15, -0.1) is 0 Å². The van der Waals surface area contributed by atoms with Crippen molar-refractivity contribution in [1.82, 2.24) is 14.7 Å². The van der Waals surface area contributed by atoms with Crippen LogP contribution in [-0.4, -0.2) is 65.3 Å². The topological polar surface area (TPSA) is 43.9 Å². The number of hydrogen-bond donors (Lipinski definition) is 0. The summed E-state index contributed by atoms with van der Waals surface area (Å²) < 4.78 is 0. The summed E-state index contributed by atoms with van der Waals surface area (Å²) in [5.41, 5.74) is 5.04. The van der Waals surface area contributed by atoms with Gasteiger partial charge in [-0.1, -0.05) is 30.2 Å². The molecule has 2 fully saturated rings. The fraction of sp³-hybridized carbons (Fsp3) is 0.462. The number of carbonyl (C=O) groups is 2. The number of piperazine rings is 1. The van der Waals surface area contributed by atoms with Gasteiger partial charge in [-0.3, -0.25) is 14.5 Å². The first kappa shape index (κ1) is 20.3. The van der Waals surface area contributed by atoms with Gasteiger partial charge in [0, 0.05) is 49.9 Å². The van der Waals surface area contributed by atoms with Crippen LogP contribution in [0, 0.1) is 6.92 Å². The molecule has 0 saturated carbocycles. The third-order valence-corrected chi connectivity index (χ3v) is 7.18. The Bertz CT molecular complexity index is 985. The highest BCUT2D eigenvalue weighted by Crippen LogP contribution is 2.25. The fourth-order valence-corrected chi connectivity index (χ4v) is 5.26. The molecule has 5 rings (SSSR count). The maximum Gasteiger partial charge on any atom is 0.254 e. The Morgan fingerprint density at radius 1 is 0.806 bits per heavy atom. The normalized spacial score (nSPS) is 21.4. The average Bonchev–Trinajstić information content (AvgIpc) is 2.82. The van der Waals surface area contributed by atoms with Crippen molar-refractivity contribution < 1.29 is 9.59 Å². The molecule has 0 aromatic heterocycles. The predicted molar refractivity (Wildman–Crippen MR) is 121 cm³/mol. The number of fused-ring (bicyclic) bond motifs is 2. The van der Waals surface area contributed by atoms with Crippen LogP contribution in [0.3, 0.4) is 0 Å². The molecule has 5 heteroatoms. The molecule has 31 heavy (non-hydrogen) atoms. The van der Waals surface area contributed by atoms with E-state index in [1.807, 2.05) is 53.1 Å². The molecule has 3 aliphatic heterocycles. The molecule has 0 N–H and O–H groups in total. The summed E-state index contributed by atoms with van der Waals surface area (Å²) in [4.78, 5) is 32.6. The second-order valence-corrected chi connectivity index (χ2v) is 9.26. The molecule has 0 radical (unpaired) electrons. The van der Waals surface area contributed by atoms with Crippen molar-refractivity contribution in [3.05, 3.63) is 70.3 Å². The zero-order chi connectivity index (χ0) is 21.4. The monoisotopic (exact) mass is 417 g/mol. The van der Waals surface area contributed by atoms with E-state index in [9.17, 15) is 9.59 Å². The van der Waals surface area contributed by atoms with Crippen molar-refractivity contribution in [2.45, 2.75) is 45.2 Å². The number of aryl methyl sites for hydroxylation is 1. The Hall–Kier alpha value is -2.66. The summed E-state index contributed by atoms with van der Waals surface area (Å²) in [5, 5.41) is 0. The summed E-state index contributed by atoms with van der Waals surface area (Å²) >= 11 is 0. The van der Waals surface area contributed by atoms with Crippen molar-refractivity contribution in [3.8, 4) is 0 Å². The molecule has 0 aliphatic carbocycles. The van der Waals surface area contributed by atoms with E-state index < -0.39 is 0 Å². The van der Waals surface area contributed by atoms with Crippen LogP contribution in [0.25, 0.3) is 0 Å². The molecule has 1 unspecified atom stereocenters. The highest BCUT2D eigenvalue weighted by molar-refractivity contribution is 5.95. The predicted octanol–water partition coefficient (Wildman–Crippen LogP) is 3.50. The number of benzene rings is 2. The van der Waals surface area contributed by atoms with E-state index in [0.29, 0.717) is 19.1 Å². The third kappa shape index (κ3) is 4.11. The summed E-state index contributed by atoms with van der Waals surface area (Å²) in [5.74, 6) is 0.238. The summed E-state index contributed by atoms with van der Waals surface area (Å²) in [6.07, 6.45) is 4.57. The SMILES string of the molecule is Cc1ccc(C(=O)N2CCc3cc(C(=O)N4CCN5CCCCC5C4)ccc3C2)cc1. The summed E-state index contributed by atoms with van der Waals surface area (Å²) in [6, 6.07) is 14.4. The lowest BCUT2D eigenvalue weighted by atomic mass is 9.95.